The number of nitrogens with zero attached hydrogens (tertiary/aromatic N) is 1. The molecule has 0 aromatic heterocycles. The molecule has 0 unspecified atom stereocenters. The molecule has 0 saturated heterocycles. The fourth-order valence-corrected chi connectivity index (χ4v) is 1.83. The molecule has 0 radical (unpaired) electrons. The molecule has 0 atom stereocenters. The summed E-state index contributed by atoms with van der Waals surface area (Å²) in [4.78, 5) is 0. The molecular formula is C17H16FNO3. The third kappa shape index (κ3) is 4.13. The Kier molecular flexibility index (Phi) is 5.61. The largest absolute Gasteiger partial charge is 0.490 e. The van der Waals surface area contributed by atoms with Crippen molar-refractivity contribution in [2.45, 2.75) is 6.92 Å². The first-order chi connectivity index (χ1) is 10.7. The number of hydrogen-bond acceptors (Lipinski definition) is 4. The van der Waals surface area contributed by atoms with E-state index >= 15 is 0 Å². The molecule has 0 spiro atoms. The van der Waals surface area contributed by atoms with E-state index in [0.29, 0.717) is 23.7 Å². The van der Waals surface area contributed by atoms with Crippen LogP contribution in [0.1, 0.15) is 12.5 Å². The summed E-state index contributed by atoms with van der Waals surface area (Å²) in [5.41, 5.74) is 0.499. The lowest BCUT2D eigenvalue weighted by atomic mass is 10.2. The van der Waals surface area contributed by atoms with Crippen LogP contribution in [0.4, 0.5) is 4.39 Å². The highest BCUT2D eigenvalue weighted by Gasteiger charge is 2.07. The Balaban J connectivity index is 1.91. The molecule has 2 aromatic rings. The van der Waals surface area contributed by atoms with Crippen molar-refractivity contribution in [3.05, 3.63) is 53.8 Å². The van der Waals surface area contributed by atoms with Crippen molar-refractivity contribution < 1.29 is 18.6 Å². The Hall–Kier alpha value is -2.74. The molecule has 0 N–H and O–H groups in total. The zero-order valence-electron chi connectivity index (χ0n) is 12.2. The van der Waals surface area contributed by atoms with E-state index in [1.165, 1.54) is 6.07 Å². The Morgan fingerprint density at radius 1 is 0.955 bits per heavy atom. The second-order valence-electron chi connectivity index (χ2n) is 4.33. The van der Waals surface area contributed by atoms with Crippen LogP contribution in [0.2, 0.25) is 0 Å². The van der Waals surface area contributed by atoms with Gasteiger partial charge in [0.1, 0.15) is 13.2 Å². The van der Waals surface area contributed by atoms with Gasteiger partial charge >= 0.3 is 0 Å². The molecule has 0 fully saturated rings. The monoisotopic (exact) mass is 301 g/mol. The molecule has 0 aliphatic heterocycles. The lowest BCUT2D eigenvalue weighted by Crippen LogP contribution is -2.10. The fourth-order valence-electron chi connectivity index (χ4n) is 1.83. The lowest BCUT2D eigenvalue weighted by Gasteiger charge is -2.12. The van der Waals surface area contributed by atoms with Gasteiger partial charge < -0.3 is 14.2 Å². The normalized spacial score (nSPS) is 9.86. The van der Waals surface area contributed by atoms with E-state index in [1.807, 2.05) is 13.0 Å². The summed E-state index contributed by atoms with van der Waals surface area (Å²) in [5.74, 6) is 0.817. The van der Waals surface area contributed by atoms with Crippen LogP contribution in [0.15, 0.2) is 42.5 Å². The molecule has 0 heterocycles. The van der Waals surface area contributed by atoms with Crippen LogP contribution in [-0.2, 0) is 0 Å². The topological polar surface area (TPSA) is 51.5 Å². The Morgan fingerprint density at radius 2 is 1.68 bits per heavy atom. The minimum absolute atomic E-state index is 0.191. The van der Waals surface area contributed by atoms with Crippen LogP contribution in [0.3, 0.4) is 0 Å². The zero-order chi connectivity index (χ0) is 15.8. The van der Waals surface area contributed by atoms with Gasteiger partial charge in [0, 0.05) is 6.07 Å². The summed E-state index contributed by atoms with van der Waals surface area (Å²) in [5, 5.41) is 8.89. The molecule has 5 heteroatoms. The van der Waals surface area contributed by atoms with E-state index < -0.39 is 5.82 Å². The summed E-state index contributed by atoms with van der Waals surface area (Å²) in [6, 6.07) is 13.2. The van der Waals surface area contributed by atoms with Gasteiger partial charge in [-0.15, -0.1) is 0 Å². The molecule has 0 aliphatic rings. The number of nitriles is 1. The molecule has 0 bridgehead atoms. The highest BCUT2D eigenvalue weighted by Crippen LogP contribution is 2.28. The maximum absolute atomic E-state index is 13.4. The van der Waals surface area contributed by atoms with Gasteiger partial charge in [-0.2, -0.15) is 5.26 Å². The minimum atomic E-state index is -0.407. The minimum Gasteiger partial charge on any atom is -0.490 e. The Labute approximate surface area is 128 Å². The van der Waals surface area contributed by atoms with Crippen molar-refractivity contribution in [2.75, 3.05) is 19.8 Å². The molecular weight excluding hydrogens is 285 g/mol. The van der Waals surface area contributed by atoms with Gasteiger partial charge in [0.2, 0.25) is 0 Å². The SMILES string of the molecule is CCOc1cc(C#N)ccc1OCCOc1ccccc1F. The van der Waals surface area contributed by atoms with E-state index in [0.717, 1.165) is 0 Å². The van der Waals surface area contributed by atoms with E-state index in [-0.39, 0.29) is 19.0 Å². The van der Waals surface area contributed by atoms with Crippen molar-refractivity contribution in [2.24, 2.45) is 0 Å². The standard InChI is InChI=1S/C17H16FNO3/c1-2-20-17-11-13(12-19)7-8-16(17)22-10-9-21-15-6-4-3-5-14(15)18/h3-8,11H,2,9-10H2,1H3. The molecule has 2 aromatic carbocycles. The predicted molar refractivity (Wildman–Crippen MR) is 79.7 cm³/mol. The van der Waals surface area contributed by atoms with Crippen LogP contribution >= 0.6 is 0 Å². The highest BCUT2D eigenvalue weighted by atomic mass is 19.1. The zero-order valence-corrected chi connectivity index (χ0v) is 12.2. The highest BCUT2D eigenvalue weighted by molar-refractivity contribution is 5.46. The van der Waals surface area contributed by atoms with Crippen LogP contribution in [-0.4, -0.2) is 19.8 Å². The first-order valence-corrected chi connectivity index (χ1v) is 6.91. The van der Waals surface area contributed by atoms with Gasteiger partial charge in [-0.25, -0.2) is 4.39 Å². The van der Waals surface area contributed by atoms with Gasteiger partial charge in [-0.1, -0.05) is 12.1 Å². The average Bonchev–Trinajstić information content (AvgIpc) is 2.54. The molecule has 0 saturated carbocycles. The van der Waals surface area contributed by atoms with E-state index in [9.17, 15) is 4.39 Å². The van der Waals surface area contributed by atoms with Crippen molar-refractivity contribution in [1.29, 1.82) is 5.26 Å². The van der Waals surface area contributed by atoms with Crippen LogP contribution in [0.25, 0.3) is 0 Å². The summed E-state index contributed by atoms with van der Waals surface area (Å²) in [6.07, 6.45) is 0. The van der Waals surface area contributed by atoms with Gasteiger partial charge in [-0.05, 0) is 31.2 Å². The smallest absolute Gasteiger partial charge is 0.165 e. The second-order valence-corrected chi connectivity index (χ2v) is 4.33. The van der Waals surface area contributed by atoms with E-state index in [4.69, 9.17) is 19.5 Å². The molecule has 0 aliphatic carbocycles. The van der Waals surface area contributed by atoms with Crippen molar-refractivity contribution >= 4 is 0 Å². The predicted octanol–water partition coefficient (Wildman–Crippen LogP) is 3.55. The van der Waals surface area contributed by atoms with Crippen LogP contribution < -0.4 is 14.2 Å². The number of rotatable bonds is 7. The number of hydrogen-bond donors (Lipinski definition) is 0. The maximum Gasteiger partial charge on any atom is 0.165 e. The van der Waals surface area contributed by atoms with Crippen molar-refractivity contribution in [1.82, 2.24) is 0 Å². The lowest BCUT2D eigenvalue weighted by molar-refractivity contribution is 0.203. The molecule has 0 amide bonds. The molecule has 114 valence electrons. The maximum atomic E-state index is 13.4. The second kappa shape index (κ2) is 7.89. The van der Waals surface area contributed by atoms with Gasteiger partial charge in [0.05, 0.1) is 18.2 Å². The molecule has 4 nitrogen and oxygen atoms in total. The summed E-state index contributed by atoms with van der Waals surface area (Å²) < 4.78 is 29.7. The number of halogens is 1. The number of para-hydroxylation sites is 1. The number of ether oxygens (including phenoxy) is 3. The summed E-state index contributed by atoms with van der Waals surface area (Å²) >= 11 is 0. The van der Waals surface area contributed by atoms with E-state index in [2.05, 4.69) is 0 Å². The summed E-state index contributed by atoms with van der Waals surface area (Å²) in [7, 11) is 0. The third-order valence-electron chi connectivity index (χ3n) is 2.81. The average molecular weight is 301 g/mol. The van der Waals surface area contributed by atoms with Gasteiger partial charge in [-0.3, -0.25) is 0 Å². The van der Waals surface area contributed by atoms with Crippen LogP contribution in [0, 0.1) is 17.1 Å². The van der Waals surface area contributed by atoms with E-state index in [1.54, 1.807) is 36.4 Å². The Bertz CT molecular complexity index is 667. The fraction of sp³-hybridized carbons (Fsp3) is 0.235. The molecule has 22 heavy (non-hydrogen) atoms. The first-order valence-electron chi connectivity index (χ1n) is 6.91. The Morgan fingerprint density at radius 3 is 2.36 bits per heavy atom. The third-order valence-corrected chi connectivity index (χ3v) is 2.81. The first kappa shape index (κ1) is 15.6. The van der Waals surface area contributed by atoms with Crippen molar-refractivity contribution in [3.8, 4) is 23.3 Å². The van der Waals surface area contributed by atoms with Crippen LogP contribution in [0.5, 0.6) is 17.2 Å². The van der Waals surface area contributed by atoms with Gasteiger partial charge in [0.15, 0.2) is 23.1 Å². The number of benzene rings is 2. The van der Waals surface area contributed by atoms with Crippen molar-refractivity contribution in [3.63, 3.8) is 0 Å². The quantitative estimate of drug-likeness (QED) is 0.734. The van der Waals surface area contributed by atoms with Gasteiger partial charge in [0.25, 0.3) is 0 Å². The summed E-state index contributed by atoms with van der Waals surface area (Å²) in [6.45, 7) is 2.76. The molecule has 2 rings (SSSR count).